The molecule has 0 saturated carbocycles. The third-order valence-corrected chi connectivity index (χ3v) is 3.86. The molecule has 0 saturated heterocycles. The monoisotopic (exact) mass is 246 g/mol. The van der Waals surface area contributed by atoms with Crippen LogP contribution in [0.1, 0.15) is 13.3 Å². The van der Waals surface area contributed by atoms with Crippen LogP contribution < -0.4 is 0 Å². The number of hydrogen-bond donors (Lipinski definition) is 1. The summed E-state index contributed by atoms with van der Waals surface area (Å²) in [6.07, 6.45) is 0.482. The molecule has 0 heterocycles. The molecule has 1 N–H and O–H groups in total. The van der Waals surface area contributed by atoms with Crippen molar-refractivity contribution in [3.05, 3.63) is 0 Å². The summed E-state index contributed by atoms with van der Waals surface area (Å²) in [6, 6.07) is 0. The third kappa shape index (κ3) is 12.6. The van der Waals surface area contributed by atoms with Crippen molar-refractivity contribution in [1.29, 1.82) is 0 Å². The third-order valence-electron chi connectivity index (χ3n) is 1.02. The molecule has 0 aromatic carbocycles. The standard InChI is InChI=1S/C6H14O4S3/c1-2-10-12-6-11-4-3-5-13(7,8)9/h2-6H2,1H3,(H,7,8,9). The highest BCUT2D eigenvalue weighted by molar-refractivity contribution is 8.14. The van der Waals surface area contributed by atoms with Crippen LogP contribution in [0.15, 0.2) is 0 Å². The maximum Gasteiger partial charge on any atom is 0.264 e. The zero-order valence-electron chi connectivity index (χ0n) is 7.43. The Kier molecular flexibility index (Phi) is 8.27. The summed E-state index contributed by atoms with van der Waals surface area (Å²) in [5.41, 5.74) is 0. The van der Waals surface area contributed by atoms with Gasteiger partial charge in [0.1, 0.15) is 0 Å². The van der Waals surface area contributed by atoms with Crippen LogP contribution in [0.3, 0.4) is 0 Å². The van der Waals surface area contributed by atoms with E-state index in [9.17, 15) is 8.42 Å². The molecule has 0 aliphatic heterocycles. The van der Waals surface area contributed by atoms with Crippen LogP contribution >= 0.6 is 23.8 Å². The smallest absolute Gasteiger partial charge is 0.264 e. The molecular weight excluding hydrogens is 232 g/mol. The van der Waals surface area contributed by atoms with Crippen LogP contribution in [0.4, 0.5) is 0 Å². The van der Waals surface area contributed by atoms with E-state index < -0.39 is 10.1 Å². The lowest BCUT2D eigenvalue weighted by molar-refractivity contribution is 0.403. The van der Waals surface area contributed by atoms with Gasteiger partial charge in [0.05, 0.1) is 17.4 Å². The van der Waals surface area contributed by atoms with Gasteiger partial charge in [-0.1, -0.05) is 0 Å². The van der Waals surface area contributed by atoms with Crippen molar-refractivity contribution in [3.63, 3.8) is 0 Å². The Morgan fingerprint density at radius 2 is 2.15 bits per heavy atom. The van der Waals surface area contributed by atoms with E-state index >= 15 is 0 Å². The molecule has 7 heteroatoms. The summed E-state index contributed by atoms with van der Waals surface area (Å²) in [7, 11) is -3.77. The summed E-state index contributed by atoms with van der Waals surface area (Å²) in [4.78, 5) is 0. The van der Waals surface area contributed by atoms with Crippen molar-refractivity contribution >= 4 is 33.9 Å². The van der Waals surface area contributed by atoms with E-state index in [-0.39, 0.29) is 5.75 Å². The molecule has 0 amide bonds. The van der Waals surface area contributed by atoms with Gasteiger partial charge in [-0.3, -0.25) is 4.55 Å². The Labute approximate surface area is 87.8 Å². The van der Waals surface area contributed by atoms with E-state index in [1.54, 1.807) is 11.8 Å². The topological polar surface area (TPSA) is 63.6 Å². The lowest BCUT2D eigenvalue weighted by Crippen LogP contribution is -2.04. The largest absolute Gasteiger partial charge is 0.315 e. The van der Waals surface area contributed by atoms with Gasteiger partial charge in [0.25, 0.3) is 10.1 Å². The van der Waals surface area contributed by atoms with Crippen LogP contribution in [0.5, 0.6) is 0 Å². The van der Waals surface area contributed by atoms with E-state index in [0.29, 0.717) is 13.0 Å². The average Bonchev–Trinajstić information content (AvgIpc) is 2.01. The molecule has 4 nitrogen and oxygen atoms in total. The van der Waals surface area contributed by atoms with Gasteiger partial charge in [0.2, 0.25) is 0 Å². The Morgan fingerprint density at radius 1 is 1.46 bits per heavy atom. The quantitative estimate of drug-likeness (QED) is 0.304. The van der Waals surface area contributed by atoms with Crippen LogP contribution in [0, 0.1) is 0 Å². The average molecular weight is 246 g/mol. The molecular formula is C6H14O4S3. The second kappa shape index (κ2) is 7.93. The maximum atomic E-state index is 10.3. The minimum atomic E-state index is -3.77. The highest BCUT2D eigenvalue weighted by Crippen LogP contribution is 2.13. The first-order valence-electron chi connectivity index (χ1n) is 3.83. The van der Waals surface area contributed by atoms with E-state index in [1.807, 2.05) is 6.92 Å². The number of rotatable bonds is 8. The molecule has 0 rings (SSSR count). The molecule has 0 fully saturated rings. The maximum absolute atomic E-state index is 10.3. The Balaban J connectivity index is 3.09. The zero-order valence-corrected chi connectivity index (χ0v) is 9.88. The fourth-order valence-electron chi connectivity index (χ4n) is 0.554. The fourth-order valence-corrected chi connectivity index (χ4v) is 2.78. The molecule has 13 heavy (non-hydrogen) atoms. The van der Waals surface area contributed by atoms with E-state index in [4.69, 9.17) is 8.74 Å². The fraction of sp³-hybridized carbons (Fsp3) is 1.00. The normalized spacial score (nSPS) is 11.8. The van der Waals surface area contributed by atoms with Crippen molar-refractivity contribution < 1.29 is 17.2 Å². The molecule has 0 radical (unpaired) electrons. The lowest BCUT2D eigenvalue weighted by Gasteiger charge is -1.99. The van der Waals surface area contributed by atoms with Crippen molar-refractivity contribution in [1.82, 2.24) is 0 Å². The summed E-state index contributed by atoms with van der Waals surface area (Å²) in [6.45, 7) is 2.59. The summed E-state index contributed by atoms with van der Waals surface area (Å²) in [5, 5.41) is 0.791. The second-order valence-corrected chi connectivity index (χ2v) is 5.99. The van der Waals surface area contributed by atoms with Gasteiger partial charge in [-0.2, -0.15) is 8.42 Å². The number of hydrogen-bond acceptors (Lipinski definition) is 5. The van der Waals surface area contributed by atoms with Gasteiger partial charge >= 0.3 is 0 Å². The van der Waals surface area contributed by atoms with Gasteiger partial charge < -0.3 is 4.18 Å². The molecule has 80 valence electrons. The molecule has 0 unspecified atom stereocenters. The van der Waals surface area contributed by atoms with Crippen LogP contribution in [-0.2, 0) is 14.3 Å². The predicted molar refractivity (Wildman–Crippen MR) is 57.6 cm³/mol. The minimum absolute atomic E-state index is 0.153. The Morgan fingerprint density at radius 3 is 2.69 bits per heavy atom. The highest BCUT2D eigenvalue weighted by Gasteiger charge is 2.02. The van der Waals surface area contributed by atoms with Gasteiger partial charge in [0.15, 0.2) is 0 Å². The molecule has 0 bridgehead atoms. The van der Waals surface area contributed by atoms with Crippen LogP contribution in [0.2, 0.25) is 0 Å². The summed E-state index contributed by atoms with van der Waals surface area (Å²) >= 11 is 2.96. The molecule has 0 aromatic heterocycles. The second-order valence-electron chi connectivity index (χ2n) is 2.19. The van der Waals surface area contributed by atoms with Gasteiger partial charge in [-0.15, -0.1) is 11.8 Å². The van der Waals surface area contributed by atoms with Crippen molar-refractivity contribution in [2.45, 2.75) is 13.3 Å². The van der Waals surface area contributed by atoms with Crippen molar-refractivity contribution in [2.24, 2.45) is 0 Å². The molecule has 0 spiro atoms. The molecule has 0 atom stereocenters. The summed E-state index contributed by atoms with van der Waals surface area (Å²) in [5.74, 6) is 0.569. The van der Waals surface area contributed by atoms with Gasteiger partial charge in [-0.05, 0) is 19.1 Å². The zero-order chi connectivity index (χ0) is 10.2. The first-order valence-corrected chi connectivity index (χ1v) is 7.51. The predicted octanol–water partition coefficient (Wildman–Crippen LogP) is 1.64. The number of thioether (sulfide) groups is 1. The van der Waals surface area contributed by atoms with Crippen LogP contribution in [-0.4, -0.2) is 36.2 Å². The van der Waals surface area contributed by atoms with Gasteiger partial charge in [-0.25, -0.2) is 0 Å². The Hall–Kier alpha value is 0.570. The first kappa shape index (κ1) is 13.6. The highest BCUT2D eigenvalue weighted by atomic mass is 32.2. The van der Waals surface area contributed by atoms with Gasteiger partial charge in [0, 0.05) is 12.0 Å². The van der Waals surface area contributed by atoms with E-state index in [0.717, 1.165) is 10.8 Å². The van der Waals surface area contributed by atoms with Crippen molar-refractivity contribution in [2.75, 3.05) is 23.2 Å². The molecule has 0 aliphatic rings. The molecule has 0 aromatic rings. The Bertz CT molecular complexity index is 202. The summed E-state index contributed by atoms with van der Waals surface area (Å²) < 4.78 is 34.0. The van der Waals surface area contributed by atoms with Crippen molar-refractivity contribution in [3.8, 4) is 0 Å². The van der Waals surface area contributed by atoms with Crippen LogP contribution in [0.25, 0.3) is 0 Å². The first-order chi connectivity index (χ1) is 6.06. The SMILES string of the molecule is CCOSCSCCCS(=O)(=O)O. The van der Waals surface area contributed by atoms with E-state index in [2.05, 4.69) is 0 Å². The molecule has 0 aliphatic carbocycles. The lowest BCUT2D eigenvalue weighted by atomic mass is 10.6. The minimum Gasteiger partial charge on any atom is -0.315 e. The van der Waals surface area contributed by atoms with E-state index in [1.165, 1.54) is 12.0 Å².